The van der Waals surface area contributed by atoms with Crippen molar-refractivity contribution in [3.05, 3.63) is 71.8 Å². The largest absolute Gasteiger partial charge is 0.384 e. The Hall–Kier alpha value is -1.64. The van der Waals surface area contributed by atoms with Crippen LogP contribution in [0.5, 0.6) is 0 Å². The van der Waals surface area contributed by atoms with Crippen LogP contribution in [0, 0.1) is 11.3 Å². The first-order valence-electron chi connectivity index (χ1n) is 11.2. The van der Waals surface area contributed by atoms with Gasteiger partial charge >= 0.3 is 0 Å². The number of rotatable bonds is 10. The van der Waals surface area contributed by atoms with E-state index in [1.54, 1.807) is 0 Å². The van der Waals surface area contributed by atoms with Gasteiger partial charge in [0.15, 0.2) is 0 Å². The highest BCUT2D eigenvalue weighted by atomic mass is 16.5. The molecule has 1 saturated carbocycles. The molecule has 158 valence electrons. The van der Waals surface area contributed by atoms with E-state index in [1.165, 1.54) is 43.2 Å². The van der Waals surface area contributed by atoms with Crippen molar-refractivity contribution >= 4 is 0 Å². The molecule has 2 nitrogen and oxygen atoms in total. The summed E-state index contributed by atoms with van der Waals surface area (Å²) >= 11 is 0. The second-order valence-electron chi connectivity index (χ2n) is 9.13. The highest BCUT2D eigenvalue weighted by Crippen LogP contribution is 2.46. The molecule has 0 unspecified atom stereocenters. The van der Waals surface area contributed by atoms with Gasteiger partial charge in [-0.05, 0) is 42.7 Å². The first kappa shape index (κ1) is 22.1. The lowest BCUT2D eigenvalue weighted by Gasteiger charge is -2.44. The summed E-state index contributed by atoms with van der Waals surface area (Å²) < 4.78 is 11.6. The lowest BCUT2D eigenvalue weighted by molar-refractivity contribution is -0.0495. The molecule has 0 aromatic heterocycles. The van der Waals surface area contributed by atoms with Crippen molar-refractivity contribution in [2.24, 2.45) is 11.3 Å². The van der Waals surface area contributed by atoms with E-state index < -0.39 is 0 Å². The predicted octanol–water partition coefficient (Wildman–Crippen LogP) is 6.63. The molecule has 1 aliphatic carbocycles. The molecule has 2 aromatic carbocycles. The van der Waals surface area contributed by atoms with Crippen LogP contribution >= 0.6 is 0 Å². The van der Waals surface area contributed by atoms with Crippen molar-refractivity contribution in [1.82, 2.24) is 0 Å². The van der Waals surface area contributed by atoms with Crippen LogP contribution in [-0.2, 0) is 14.9 Å². The van der Waals surface area contributed by atoms with E-state index in [9.17, 15) is 0 Å². The molecule has 1 aliphatic rings. The highest BCUT2D eigenvalue weighted by molar-refractivity contribution is 5.38. The van der Waals surface area contributed by atoms with E-state index in [0.717, 1.165) is 26.1 Å². The molecule has 0 spiro atoms. The zero-order valence-electron chi connectivity index (χ0n) is 18.5. The smallest absolute Gasteiger partial charge is 0.0543 e. The van der Waals surface area contributed by atoms with Crippen molar-refractivity contribution in [3.8, 4) is 0 Å². The molecule has 0 radical (unpaired) electrons. The maximum Gasteiger partial charge on any atom is 0.0543 e. The van der Waals surface area contributed by atoms with Crippen molar-refractivity contribution in [1.29, 1.82) is 0 Å². The van der Waals surface area contributed by atoms with E-state index in [2.05, 4.69) is 67.6 Å². The first-order valence-corrected chi connectivity index (χ1v) is 11.2. The highest BCUT2D eigenvalue weighted by Gasteiger charge is 2.42. The number of hydrogen-bond acceptors (Lipinski definition) is 2. The Morgan fingerprint density at radius 3 is 1.66 bits per heavy atom. The summed E-state index contributed by atoms with van der Waals surface area (Å²) in [5.41, 5.74) is 2.84. The normalized spacial score (nSPS) is 16.1. The van der Waals surface area contributed by atoms with Crippen LogP contribution in [0.15, 0.2) is 60.7 Å². The molecule has 0 bridgehead atoms. The van der Waals surface area contributed by atoms with Gasteiger partial charge in [-0.15, -0.1) is 0 Å². The van der Waals surface area contributed by atoms with Crippen LogP contribution in [-0.4, -0.2) is 27.4 Å². The number of benzene rings is 2. The van der Waals surface area contributed by atoms with Crippen LogP contribution in [0.4, 0.5) is 0 Å². The lowest BCUT2D eigenvalue weighted by atomic mass is 9.63. The maximum atomic E-state index is 5.81. The zero-order valence-corrected chi connectivity index (χ0v) is 18.5. The summed E-state index contributed by atoms with van der Waals surface area (Å²) in [5.74, 6) is 0.687. The van der Waals surface area contributed by atoms with E-state index >= 15 is 0 Å². The first-order chi connectivity index (χ1) is 14.1. The van der Waals surface area contributed by atoms with Gasteiger partial charge in [0, 0.05) is 25.0 Å². The number of methoxy groups -OCH3 is 2. The Balaban J connectivity index is 1.93. The van der Waals surface area contributed by atoms with Crippen LogP contribution in [0.1, 0.15) is 63.0 Å². The van der Waals surface area contributed by atoms with Gasteiger partial charge in [-0.25, -0.2) is 0 Å². The topological polar surface area (TPSA) is 18.5 Å². The quantitative estimate of drug-likeness (QED) is 0.450. The summed E-state index contributed by atoms with van der Waals surface area (Å²) in [7, 11) is 3.70. The Kier molecular flexibility index (Phi) is 7.91. The van der Waals surface area contributed by atoms with Gasteiger partial charge in [0.25, 0.3) is 0 Å². The molecule has 0 atom stereocenters. The van der Waals surface area contributed by atoms with Gasteiger partial charge in [0.2, 0.25) is 0 Å². The third kappa shape index (κ3) is 5.10. The number of hydrogen-bond donors (Lipinski definition) is 0. The van der Waals surface area contributed by atoms with Crippen LogP contribution < -0.4 is 0 Å². The second-order valence-corrected chi connectivity index (χ2v) is 9.13. The monoisotopic (exact) mass is 394 g/mol. The Labute approximate surface area is 177 Å². The van der Waals surface area contributed by atoms with Gasteiger partial charge in [0.1, 0.15) is 0 Å². The Morgan fingerprint density at radius 2 is 1.21 bits per heavy atom. The minimum Gasteiger partial charge on any atom is -0.384 e. The lowest BCUT2D eigenvalue weighted by Crippen LogP contribution is -2.42. The third-order valence-electron chi connectivity index (χ3n) is 7.28. The summed E-state index contributed by atoms with van der Waals surface area (Å²) in [6, 6.07) is 22.0. The molecule has 29 heavy (non-hydrogen) atoms. The fraction of sp³-hybridized carbons (Fsp3) is 0.556. The molecular weight excluding hydrogens is 356 g/mol. The number of ether oxygens (including phenoxy) is 2. The fourth-order valence-corrected chi connectivity index (χ4v) is 5.48. The average molecular weight is 395 g/mol. The van der Waals surface area contributed by atoms with Crippen LogP contribution in [0.25, 0.3) is 0 Å². The summed E-state index contributed by atoms with van der Waals surface area (Å²) in [4.78, 5) is 0. The van der Waals surface area contributed by atoms with Crippen molar-refractivity contribution in [2.45, 2.75) is 57.3 Å². The Morgan fingerprint density at radius 1 is 0.724 bits per heavy atom. The zero-order chi connectivity index (χ0) is 20.6. The van der Waals surface area contributed by atoms with Crippen LogP contribution in [0.2, 0.25) is 0 Å². The van der Waals surface area contributed by atoms with Gasteiger partial charge < -0.3 is 9.47 Å². The standard InChI is InChI=1S/C27H38O2/c1-26(23-13-7-4-8-14-23,24-15-9-5-10-16-24)19-20-27(21-28-2,22-29-3)25-17-11-6-12-18-25/h4-5,7-10,13-16,25H,6,11-12,17-22H2,1-3H3. The molecular formula is C27H38O2. The van der Waals surface area contributed by atoms with Gasteiger partial charge in [-0.2, -0.15) is 0 Å². The second kappa shape index (κ2) is 10.4. The predicted molar refractivity (Wildman–Crippen MR) is 121 cm³/mol. The molecule has 0 amide bonds. The van der Waals surface area contributed by atoms with Gasteiger partial charge in [-0.1, -0.05) is 86.8 Å². The molecule has 2 heteroatoms. The molecule has 0 saturated heterocycles. The van der Waals surface area contributed by atoms with Crippen LogP contribution in [0.3, 0.4) is 0 Å². The van der Waals surface area contributed by atoms with Crippen molar-refractivity contribution in [3.63, 3.8) is 0 Å². The molecule has 0 N–H and O–H groups in total. The molecule has 2 aromatic rings. The minimum absolute atomic E-state index is 0.0239. The Bertz CT molecular complexity index is 658. The third-order valence-corrected chi connectivity index (χ3v) is 7.28. The van der Waals surface area contributed by atoms with E-state index in [-0.39, 0.29) is 10.8 Å². The summed E-state index contributed by atoms with van der Waals surface area (Å²) in [6.45, 7) is 3.97. The van der Waals surface area contributed by atoms with E-state index in [0.29, 0.717) is 5.92 Å². The molecule has 0 heterocycles. The molecule has 1 fully saturated rings. The molecule has 3 rings (SSSR count). The van der Waals surface area contributed by atoms with Crippen molar-refractivity contribution < 1.29 is 9.47 Å². The fourth-order valence-electron chi connectivity index (χ4n) is 5.48. The van der Waals surface area contributed by atoms with Gasteiger partial charge in [0.05, 0.1) is 13.2 Å². The maximum absolute atomic E-state index is 5.81. The average Bonchev–Trinajstić information content (AvgIpc) is 2.79. The SMILES string of the molecule is COCC(CCC(C)(c1ccccc1)c1ccccc1)(COC)C1CCCCC1. The minimum atomic E-state index is -0.0239. The van der Waals surface area contributed by atoms with Crippen molar-refractivity contribution in [2.75, 3.05) is 27.4 Å². The summed E-state index contributed by atoms with van der Waals surface area (Å²) in [6.07, 6.45) is 8.87. The van der Waals surface area contributed by atoms with E-state index in [4.69, 9.17) is 9.47 Å². The molecule has 0 aliphatic heterocycles. The van der Waals surface area contributed by atoms with Gasteiger partial charge in [-0.3, -0.25) is 0 Å². The summed E-state index contributed by atoms with van der Waals surface area (Å²) in [5, 5.41) is 0. The van der Waals surface area contributed by atoms with E-state index in [1.807, 2.05) is 14.2 Å².